The molecule has 2 N–H and O–H groups in total. The summed E-state index contributed by atoms with van der Waals surface area (Å²) in [6.45, 7) is 0.886. The Labute approximate surface area is 156 Å². The molecule has 2 heterocycles. The molecule has 27 heavy (non-hydrogen) atoms. The molecule has 3 aromatic rings. The number of imidazole rings is 1. The SMILES string of the molecule is O=C(O)c1ccc2c(c1)nc(CNC(=O)C1CCC1)n2Cc1ccncc1. The van der Waals surface area contributed by atoms with Crippen LogP contribution < -0.4 is 5.32 Å². The van der Waals surface area contributed by atoms with E-state index in [4.69, 9.17) is 0 Å². The van der Waals surface area contributed by atoms with Gasteiger partial charge in [0.2, 0.25) is 5.91 Å². The number of aromatic nitrogens is 3. The number of hydrogen-bond donors (Lipinski definition) is 2. The van der Waals surface area contributed by atoms with Crippen LogP contribution in [0.2, 0.25) is 0 Å². The van der Waals surface area contributed by atoms with Gasteiger partial charge in [0, 0.05) is 24.9 Å². The van der Waals surface area contributed by atoms with Crippen LogP contribution in [-0.4, -0.2) is 31.5 Å². The zero-order chi connectivity index (χ0) is 18.8. The molecule has 0 saturated heterocycles. The van der Waals surface area contributed by atoms with Crippen molar-refractivity contribution in [1.29, 1.82) is 0 Å². The molecule has 1 saturated carbocycles. The summed E-state index contributed by atoms with van der Waals surface area (Å²) >= 11 is 0. The number of rotatable bonds is 6. The molecule has 1 aromatic carbocycles. The number of carboxylic acids is 1. The van der Waals surface area contributed by atoms with Crippen LogP contribution in [0.4, 0.5) is 0 Å². The maximum atomic E-state index is 12.2. The minimum Gasteiger partial charge on any atom is -0.478 e. The summed E-state index contributed by atoms with van der Waals surface area (Å²) in [5.41, 5.74) is 2.70. The van der Waals surface area contributed by atoms with E-state index in [0.29, 0.717) is 24.4 Å². The van der Waals surface area contributed by atoms with Gasteiger partial charge in [0.05, 0.1) is 23.1 Å². The number of nitrogens with zero attached hydrogens (tertiary/aromatic N) is 3. The van der Waals surface area contributed by atoms with Gasteiger partial charge >= 0.3 is 5.97 Å². The molecular formula is C20H20N4O3. The summed E-state index contributed by atoms with van der Waals surface area (Å²) in [7, 11) is 0. The van der Waals surface area contributed by atoms with Crippen LogP contribution >= 0.6 is 0 Å². The molecule has 138 valence electrons. The van der Waals surface area contributed by atoms with E-state index < -0.39 is 5.97 Å². The van der Waals surface area contributed by atoms with E-state index in [1.54, 1.807) is 30.6 Å². The van der Waals surface area contributed by atoms with Gasteiger partial charge in [-0.25, -0.2) is 9.78 Å². The normalized spacial score (nSPS) is 14.1. The molecule has 7 heteroatoms. The monoisotopic (exact) mass is 364 g/mol. The van der Waals surface area contributed by atoms with Gasteiger partial charge < -0.3 is 15.0 Å². The first-order valence-corrected chi connectivity index (χ1v) is 9.01. The summed E-state index contributed by atoms with van der Waals surface area (Å²) in [4.78, 5) is 32.1. The van der Waals surface area contributed by atoms with Gasteiger partial charge in [-0.1, -0.05) is 6.42 Å². The van der Waals surface area contributed by atoms with Gasteiger partial charge in [-0.2, -0.15) is 0 Å². The first-order valence-electron chi connectivity index (χ1n) is 9.01. The molecule has 0 unspecified atom stereocenters. The third-order valence-corrected chi connectivity index (χ3v) is 5.06. The highest BCUT2D eigenvalue weighted by Crippen LogP contribution is 2.26. The largest absolute Gasteiger partial charge is 0.478 e. The maximum absolute atomic E-state index is 12.2. The van der Waals surface area contributed by atoms with Gasteiger partial charge in [-0.3, -0.25) is 9.78 Å². The molecule has 0 spiro atoms. The van der Waals surface area contributed by atoms with Crippen molar-refractivity contribution in [3.05, 3.63) is 59.7 Å². The molecule has 1 aliphatic rings. The fourth-order valence-corrected chi connectivity index (χ4v) is 3.28. The predicted octanol–water partition coefficient (Wildman–Crippen LogP) is 2.59. The van der Waals surface area contributed by atoms with E-state index >= 15 is 0 Å². The van der Waals surface area contributed by atoms with Gasteiger partial charge in [0.25, 0.3) is 0 Å². The van der Waals surface area contributed by atoms with Crippen molar-refractivity contribution in [3.63, 3.8) is 0 Å². The second kappa shape index (κ2) is 7.19. The van der Waals surface area contributed by atoms with Crippen molar-refractivity contribution in [2.75, 3.05) is 0 Å². The number of hydrogen-bond acceptors (Lipinski definition) is 4. The van der Waals surface area contributed by atoms with Gasteiger partial charge in [-0.05, 0) is 48.7 Å². The summed E-state index contributed by atoms with van der Waals surface area (Å²) in [6.07, 6.45) is 6.46. The lowest BCUT2D eigenvalue weighted by Gasteiger charge is -2.24. The molecule has 4 rings (SSSR count). The van der Waals surface area contributed by atoms with Gasteiger partial charge in [-0.15, -0.1) is 0 Å². The lowest BCUT2D eigenvalue weighted by molar-refractivity contribution is -0.127. The van der Waals surface area contributed by atoms with Gasteiger partial charge in [0.1, 0.15) is 5.82 Å². The Hall–Kier alpha value is -3.22. The highest BCUT2D eigenvalue weighted by Gasteiger charge is 2.25. The Balaban J connectivity index is 1.67. The lowest BCUT2D eigenvalue weighted by atomic mass is 9.85. The van der Waals surface area contributed by atoms with Crippen molar-refractivity contribution in [2.24, 2.45) is 5.92 Å². The van der Waals surface area contributed by atoms with Crippen molar-refractivity contribution >= 4 is 22.9 Å². The van der Waals surface area contributed by atoms with E-state index in [2.05, 4.69) is 15.3 Å². The number of carbonyl (C=O) groups is 2. The number of benzene rings is 1. The molecule has 7 nitrogen and oxygen atoms in total. The van der Waals surface area contributed by atoms with Crippen molar-refractivity contribution in [1.82, 2.24) is 19.9 Å². The maximum Gasteiger partial charge on any atom is 0.335 e. The van der Waals surface area contributed by atoms with Crippen LogP contribution in [0.15, 0.2) is 42.7 Å². The summed E-state index contributed by atoms with van der Waals surface area (Å²) < 4.78 is 2.01. The van der Waals surface area contributed by atoms with Crippen molar-refractivity contribution in [3.8, 4) is 0 Å². The number of nitrogens with one attached hydrogen (secondary N) is 1. The Morgan fingerprint density at radius 1 is 1.19 bits per heavy atom. The quantitative estimate of drug-likeness (QED) is 0.701. The van der Waals surface area contributed by atoms with E-state index in [9.17, 15) is 14.7 Å². The number of pyridine rings is 1. The fourth-order valence-electron chi connectivity index (χ4n) is 3.28. The molecule has 0 aliphatic heterocycles. The van der Waals surface area contributed by atoms with E-state index in [1.807, 2.05) is 16.7 Å². The Morgan fingerprint density at radius 2 is 1.96 bits per heavy atom. The zero-order valence-corrected chi connectivity index (χ0v) is 14.8. The van der Waals surface area contributed by atoms with E-state index in [1.165, 1.54) is 0 Å². The summed E-state index contributed by atoms with van der Waals surface area (Å²) in [6, 6.07) is 8.76. The van der Waals surface area contributed by atoms with Crippen molar-refractivity contribution < 1.29 is 14.7 Å². The lowest BCUT2D eigenvalue weighted by Crippen LogP contribution is -2.34. The van der Waals surface area contributed by atoms with Crippen LogP contribution in [0.25, 0.3) is 11.0 Å². The highest BCUT2D eigenvalue weighted by atomic mass is 16.4. The average Bonchev–Trinajstić information content (AvgIpc) is 2.96. The van der Waals surface area contributed by atoms with E-state index in [-0.39, 0.29) is 17.4 Å². The molecule has 0 atom stereocenters. The minimum absolute atomic E-state index is 0.0648. The number of aromatic carboxylic acids is 1. The van der Waals surface area contributed by atoms with Crippen LogP contribution in [0.1, 0.15) is 41.0 Å². The third kappa shape index (κ3) is 3.53. The molecule has 0 bridgehead atoms. The first kappa shape index (κ1) is 17.2. The van der Waals surface area contributed by atoms with Crippen molar-refractivity contribution in [2.45, 2.75) is 32.4 Å². The van der Waals surface area contributed by atoms with E-state index in [0.717, 1.165) is 30.3 Å². The minimum atomic E-state index is -0.986. The third-order valence-electron chi connectivity index (χ3n) is 5.06. The molecule has 1 amide bonds. The van der Waals surface area contributed by atoms with Crippen LogP contribution in [0.5, 0.6) is 0 Å². The number of carboxylic acid groups (broad SMARTS) is 1. The Kier molecular flexibility index (Phi) is 4.58. The van der Waals surface area contributed by atoms with Crippen LogP contribution in [-0.2, 0) is 17.9 Å². The average molecular weight is 364 g/mol. The number of fused-ring (bicyclic) bond motifs is 1. The summed E-state index contributed by atoms with van der Waals surface area (Å²) in [5.74, 6) is -0.103. The predicted molar refractivity (Wildman–Crippen MR) is 99.2 cm³/mol. The van der Waals surface area contributed by atoms with Crippen LogP contribution in [0, 0.1) is 5.92 Å². The topological polar surface area (TPSA) is 97.1 Å². The smallest absolute Gasteiger partial charge is 0.335 e. The highest BCUT2D eigenvalue weighted by molar-refractivity contribution is 5.92. The molecule has 0 radical (unpaired) electrons. The first-order chi connectivity index (χ1) is 13.1. The number of amides is 1. The Bertz CT molecular complexity index is 993. The molecular weight excluding hydrogens is 344 g/mol. The zero-order valence-electron chi connectivity index (χ0n) is 14.8. The molecule has 2 aromatic heterocycles. The van der Waals surface area contributed by atoms with Crippen LogP contribution in [0.3, 0.4) is 0 Å². The molecule has 1 aliphatic carbocycles. The number of carbonyl (C=O) groups excluding carboxylic acids is 1. The van der Waals surface area contributed by atoms with Gasteiger partial charge in [0.15, 0.2) is 0 Å². The molecule has 1 fully saturated rings. The second-order valence-electron chi connectivity index (χ2n) is 6.82. The Morgan fingerprint density at radius 3 is 2.63 bits per heavy atom. The second-order valence-corrected chi connectivity index (χ2v) is 6.82. The summed E-state index contributed by atoms with van der Waals surface area (Å²) in [5, 5.41) is 12.2. The standard InChI is InChI=1S/C20H20N4O3/c25-19(14-2-1-3-14)22-11-18-23-16-10-15(20(26)27)4-5-17(16)24(18)12-13-6-8-21-9-7-13/h4-10,14H,1-3,11-12H2,(H,22,25)(H,26,27). The fraction of sp³-hybridized carbons (Fsp3) is 0.300.